The summed E-state index contributed by atoms with van der Waals surface area (Å²) in [6.45, 7) is 0.856. The molecule has 0 radical (unpaired) electrons. The van der Waals surface area contributed by atoms with E-state index in [4.69, 9.17) is 4.52 Å². The lowest BCUT2D eigenvalue weighted by Gasteiger charge is -1.98. The van der Waals surface area contributed by atoms with Crippen LogP contribution in [0.3, 0.4) is 0 Å². The van der Waals surface area contributed by atoms with Crippen LogP contribution in [0.2, 0.25) is 0 Å². The molecule has 25 heavy (non-hydrogen) atoms. The molecule has 0 aliphatic carbocycles. The Morgan fingerprint density at radius 2 is 2.04 bits per heavy atom. The number of thioether (sulfide) groups is 1. The van der Waals surface area contributed by atoms with Crippen LogP contribution in [0.4, 0.5) is 5.13 Å². The number of nitrogens with zero attached hydrogens (tertiary/aromatic N) is 4. The van der Waals surface area contributed by atoms with E-state index < -0.39 is 0 Å². The summed E-state index contributed by atoms with van der Waals surface area (Å²) in [4.78, 5) is 6.76. The van der Waals surface area contributed by atoms with Crippen molar-refractivity contribution in [3.8, 4) is 10.8 Å². The molecule has 6 nitrogen and oxygen atoms in total. The van der Waals surface area contributed by atoms with Crippen LogP contribution in [0.25, 0.3) is 10.8 Å². The summed E-state index contributed by atoms with van der Waals surface area (Å²) in [5, 5.41) is 20.6. The molecule has 4 rings (SSSR count). The van der Waals surface area contributed by atoms with Crippen molar-refractivity contribution in [3.05, 3.63) is 45.7 Å². The molecular formula is C15H13N5OS4. The normalized spacial score (nSPS) is 11.0. The second-order valence-electron chi connectivity index (χ2n) is 4.91. The van der Waals surface area contributed by atoms with Crippen molar-refractivity contribution in [2.75, 3.05) is 11.9 Å². The lowest BCUT2D eigenvalue weighted by atomic mass is 10.3. The van der Waals surface area contributed by atoms with Crippen molar-refractivity contribution in [2.24, 2.45) is 0 Å². The van der Waals surface area contributed by atoms with E-state index in [1.165, 1.54) is 4.88 Å². The monoisotopic (exact) mass is 407 g/mol. The van der Waals surface area contributed by atoms with Crippen molar-refractivity contribution >= 4 is 50.9 Å². The Morgan fingerprint density at radius 1 is 1.12 bits per heavy atom. The lowest BCUT2D eigenvalue weighted by Crippen LogP contribution is -2.03. The van der Waals surface area contributed by atoms with Crippen molar-refractivity contribution in [1.82, 2.24) is 20.3 Å². The van der Waals surface area contributed by atoms with E-state index in [-0.39, 0.29) is 0 Å². The Balaban J connectivity index is 1.26. The van der Waals surface area contributed by atoms with Crippen LogP contribution in [0.1, 0.15) is 10.7 Å². The average molecular weight is 408 g/mol. The highest BCUT2D eigenvalue weighted by atomic mass is 32.2. The molecule has 1 N–H and O–H groups in total. The van der Waals surface area contributed by atoms with Gasteiger partial charge in [0.05, 0.1) is 10.6 Å². The van der Waals surface area contributed by atoms with Crippen LogP contribution in [0.5, 0.6) is 0 Å². The zero-order chi connectivity index (χ0) is 16.9. The van der Waals surface area contributed by atoms with Crippen molar-refractivity contribution in [1.29, 1.82) is 0 Å². The third kappa shape index (κ3) is 4.46. The van der Waals surface area contributed by atoms with Crippen molar-refractivity contribution in [2.45, 2.75) is 16.5 Å². The second-order valence-corrected chi connectivity index (χ2v) is 9.09. The molecule has 10 heteroatoms. The molecule has 0 bridgehead atoms. The highest BCUT2D eigenvalue weighted by molar-refractivity contribution is 8.00. The van der Waals surface area contributed by atoms with Crippen molar-refractivity contribution < 1.29 is 4.52 Å². The molecule has 0 spiro atoms. The summed E-state index contributed by atoms with van der Waals surface area (Å²) in [7, 11) is 0. The first-order valence-corrected chi connectivity index (χ1v) is 11.0. The molecular weight excluding hydrogens is 394 g/mol. The minimum atomic E-state index is 0.568. The predicted octanol–water partition coefficient (Wildman–Crippen LogP) is 4.66. The molecule has 4 aromatic rings. The lowest BCUT2D eigenvalue weighted by molar-refractivity contribution is 0.426. The Kier molecular flexibility index (Phi) is 5.40. The molecule has 4 aromatic heterocycles. The summed E-state index contributed by atoms with van der Waals surface area (Å²) < 4.78 is 6.17. The molecule has 0 atom stereocenters. The predicted molar refractivity (Wildman–Crippen MR) is 104 cm³/mol. The number of hydrogen-bond acceptors (Lipinski definition) is 10. The van der Waals surface area contributed by atoms with Gasteiger partial charge in [0.1, 0.15) is 0 Å². The summed E-state index contributed by atoms with van der Waals surface area (Å²) >= 11 is 6.46. The first-order chi connectivity index (χ1) is 12.4. The van der Waals surface area contributed by atoms with Crippen LogP contribution in [0, 0.1) is 0 Å². The van der Waals surface area contributed by atoms with Crippen LogP contribution in [-0.2, 0) is 12.2 Å². The number of thiophene rings is 2. The maximum absolute atomic E-state index is 5.28. The highest BCUT2D eigenvalue weighted by Crippen LogP contribution is 2.29. The van der Waals surface area contributed by atoms with Crippen LogP contribution >= 0.6 is 45.8 Å². The van der Waals surface area contributed by atoms with Crippen LogP contribution in [-0.4, -0.2) is 26.9 Å². The van der Waals surface area contributed by atoms with E-state index in [2.05, 4.69) is 43.2 Å². The Hall–Kier alpha value is -1.75. The summed E-state index contributed by atoms with van der Waals surface area (Å²) in [6.07, 6.45) is 0.994. The molecule has 128 valence electrons. The highest BCUT2D eigenvalue weighted by Gasteiger charge is 2.11. The fourth-order valence-electron chi connectivity index (χ4n) is 2.03. The van der Waals surface area contributed by atoms with E-state index in [9.17, 15) is 0 Å². The molecule has 0 aliphatic rings. The van der Waals surface area contributed by atoms with Gasteiger partial charge in [-0.05, 0) is 29.3 Å². The molecule has 0 amide bonds. The fourth-order valence-corrected chi connectivity index (χ4v) is 5.00. The molecule has 0 fully saturated rings. The van der Waals surface area contributed by atoms with Gasteiger partial charge in [-0.15, -0.1) is 32.9 Å². The third-order valence-electron chi connectivity index (χ3n) is 3.16. The minimum Gasteiger partial charge on any atom is -0.360 e. The molecule has 0 saturated carbocycles. The quantitative estimate of drug-likeness (QED) is 0.426. The van der Waals surface area contributed by atoms with E-state index >= 15 is 0 Å². The number of anilines is 1. The number of nitrogens with one attached hydrogen (secondary N) is 1. The number of hydrogen-bond donors (Lipinski definition) is 1. The van der Waals surface area contributed by atoms with Crippen LogP contribution < -0.4 is 5.32 Å². The van der Waals surface area contributed by atoms with Crippen LogP contribution in [0.15, 0.2) is 43.9 Å². The molecule has 0 saturated heterocycles. The van der Waals surface area contributed by atoms with Gasteiger partial charge in [-0.1, -0.05) is 40.4 Å². The Labute approximate surface area is 160 Å². The van der Waals surface area contributed by atoms with E-state index in [0.29, 0.717) is 17.5 Å². The smallest absolute Gasteiger partial charge is 0.268 e. The zero-order valence-corrected chi connectivity index (χ0v) is 16.2. The Morgan fingerprint density at radius 3 is 2.88 bits per heavy atom. The summed E-state index contributed by atoms with van der Waals surface area (Å²) in [5.41, 5.74) is 0. The number of rotatable bonds is 8. The molecule has 0 unspecified atom stereocenters. The maximum atomic E-state index is 5.28. The van der Waals surface area contributed by atoms with E-state index in [0.717, 1.165) is 27.3 Å². The number of aromatic nitrogens is 4. The van der Waals surface area contributed by atoms with Gasteiger partial charge in [0, 0.05) is 11.4 Å². The topological polar surface area (TPSA) is 76.7 Å². The molecule has 0 aliphatic heterocycles. The van der Waals surface area contributed by atoms with Gasteiger partial charge in [0.25, 0.3) is 5.89 Å². The fraction of sp³-hybridized carbons (Fsp3) is 0.200. The maximum Gasteiger partial charge on any atom is 0.268 e. The molecule has 0 aromatic carbocycles. The van der Waals surface area contributed by atoms with Gasteiger partial charge < -0.3 is 9.84 Å². The van der Waals surface area contributed by atoms with Gasteiger partial charge in [0.2, 0.25) is 5.13 Å². The average Bonchev–Trinajstić information content (AvgIpc) is 3.39. The largest absolute Gasteiger partial charge is 0.360 e. The zero-order valence-electron chi connectivity index (χ0n) is 12.9. The SMILES string of the molecule is c1csc(CCNc2nnc(SCc3noc(-c4cccs4)n3)s2)c1. The first-order valence-electron chi connectivity index (χ1n) is 7.46. The third-order valence-corrected chi connectivity index (χ3v) is 6.96. The van der Waals surface area contributed by atoms with Gasteiger partial charge in [-0.3, -0.25) is 0 Å². The summed E-state index contributed by atoms with van der Waals surface area (Å²) in [5.74, 6) is 1.84. The van der Waals surface area contributed by atoms with E-state index in [1.807, 2.05) is 17.5 Å². The van der Waals surface area contributed by atoms with Gasteiger partial charge in [-0.2, -0.15) is 4.98 Å². The van der Waals surface area contributed by atoms with Gasteiger partial charge >= 0.3 is 0 Å². The first kappa shape index (κ1) is 16.7. The van der Waals surface area contributed by atoms with Gasteiger partial charge in [0.15, 0.2) is 10.2 Å². The molecule has 4 heterocycles. The van der Waals surface area contributed by atoms with E-state index in [1.54, 1.807) is 45.8 Å². The van der Waals surface area contributed by atoms with Crippen molar-refractivity contribution in [3.63, 3.8) is 0 Å². The standard InChI is InChI=1S/C15H13N5OS4/c1-3-10(22-7-1)5-6-16-14-18-19-15(25-14)24-9-12-17-13(21-20-12)11-4-2-8-23-11/h1-4,7-8H,5-6,9H2,(H,16,18). The minimum absolute atomic E-state index is 0.568. The van der Waals surface area contributed by atoms with Gasteiger partial charge in [-0.25, -0.2) is 0 Å². The summed E-state index contributed by atoms with van der Waals surface area (Å²) in [6, 6.07) is 8.14. The Bertz CT molecular complexity index is 900. The second kappa shape index (κ2) is 8.09.